The third-order valence-corrected chi connectivity index (χ3v) is 4.93. The van der Waals surface area contributed by atoms with Crippen LogP contribution in [0.2, 0.25) is 0 Å². The number of hydrogen-bond donors (Lipinski definition) is 2. The van der Waals surface area contributed by atoms with E-state index in [9.17, 15) is 9.59 Å². The van der Waals surface area contributed by atoms with Crippen LogP contribution in [0.25, 0.3) is 0 Å². The molecule has 10 heteroatoms. The van der Waals surface area contributed by atoms with Crippen LogP contribution in [-0.2, 0) is 11.8 Å². The Morgan fingerprint density at radius 1 is 1.25 bits per heavy atom. The zero-order chi connectivity index (χ0) is 22.5. The second-order valence-corrected chi connectivity index (χ2v) is 7.32. The lowest BCUT2D eigenvalue weighted by molar-refractivity contribution is -0.111. The molecule has 2 N–H and O–H groups in total. The fraction of sp³-hybridized carbons (Fsp3) is 0.227. The summed E-state index contributed by atoms with van der Waals surface area (Å²) in [5.74, 6) is 1.07. The van der Waals surface area contributed by atoms with Crippen molar-refractivity contribution >= 4 is 23.5 Å². The number of nitrogens with one attached hydrogen (secondary N) is 2. The standard InChI is InChI=1S/C22H23N7O3/c1-3-19(30)25-16-6-4-15(5-7-16)21(31)29-11-9-17(13-29)26-22-23-10-8-20(27-22)32-18-12-24-28(2)14-18/h3-8,10,12,14,17H,1,9,11,13H2,2H3,(H,25,30)(H,23,26,27). The van der Waals surface area contributed by atoms with Crippen molar-refractivity contribution in [2.24, 2.45) is 7.05 Å². The Morgan fingerprint density at radius 2 is 2.06 bits per heavy atom. The molecule has 10 nitrogen and oxygen atoms in total. The van der Waals surface area contributed by atoms with E-state index < -0.39 is 0 Å². The van der Waals surface area contributed by atoms with Crippen molar-refractivity contribution in [2.75, 3.05) is 23.7 Å². The van der Waals surface area contributed by atoms with Crippen molar-refractivity contribution in [3.05, 3.63) is 67.1 Å². The van der Waals surface area contributed by atoms with Crippen LogP contribution in [0.5, 0.6) is 11.6 Å². The van der Waals surface area contributed by atoms with Crippen LogP contribution in [0.4, 0.5) is 11.6 Å². The molecular weight excluding hydrogens is 410 g/mol. The molecule has 0 bridgehead atoms. The number of benzene rings is 1. The summed E-state index contributed by atoms with van der Waals surface area (Å²) in [6.07, 6.45) is 6.94. The number of likely N-dealkylation sites (tertiary alicyclic amines) is 1. The lowest BCUT2D eigenvalue weighted by atomic mass is 10.2. The molecule has 0 saturated carbocycles. The van der Waals surface area contributed by atoms with Gasteiger partial charge in [-0.3, -0.25) is 14.3 Å². The molecule has 4 rings (SSSR count). The van der Waals surface area contributed by atoms with Gasteiger partial charge >= 0.3 is 0 Å². The summed E-state index contributed by atoms with van der Waals surface area (Å²) in [4.78, 5) is 34.6. The zero-order valence-electron chi connectivity index (χ0n) is 17.6. The molecule has 1 aliphatic rings. The van der Waals surface area contributed by atoms with E-state index in [0.29, 0.717) is 41.9 Å². The molecule has 1 fully saturated rings. The number of ether oxygens (including phenoxy) is 1. The van der Waals surface area contributed by atoms with Gasteiger partial charge in [-0.25, -0.2) is 4.98 Å². The quantitative estimate of drug-likeness (QED) is 0.550. The molecule has 32 heavy (non-hydrogen) atoms. The van der Waals surface area contributed by atoms with Gasteiger partial charge in [-0.2, -0.15) is 10.1 Å². The van der Waals surface area contributed by atoms with Crippen LogP contribution in [-0.4, -0.2) is 55.6 Å². The van der Waals surface area contributed by atoms with Gasteiger partial charge < -0.3 is 20.3 Å². The number of aryl methyl sites for hydroxylation is 1. The summed E-state index contributed by atoms with van der Waals surface area (Å²) < 4.78 is 7.34. The van der Waals surface area contributed by atoms with Crippen molar-refractivity contribution in [2.45, 2.75) is 12.5 Å². The molecule has 1 saturated heterocycles. The highest BCUT2D eigenvalue weighted by molar-refractivity contribution is 5.99. The van der Waals surface area contributed by atoms with E-state index in [0.717, 1.165) is 6.42 Å². The maximum Gasteiger partial charge on any atom is 0.253 e. The molecule has 0 radical (unpaired) electrons. The fourth-order valence-electron chi connectivity index (χ4n) is 3.36. The highest BCUT2D eigenvalue weighted by Crippen LogP contribution is 2.21. The van der Waals surface area contributed by atoms with Gasteiger partial charge in [0.05, 0.1) is 12.4 Å². The average molecular weight is 433 g/mol. The van der Waals surface area contributed by atoms with Crippen LogP contribution in [0.3, 0.4) is 0 Å². The van der Waals surface area contributed by atoms with Crippen molar-refractivity contribution in [1.29, 1.82) is 0 Å². The van der Waals surface area contributed by atoms with E-state index >= 15 is 0 Å². The van der Waals surface area contributed by atoms with E-state index in [4.69, 9.17) is 4.74 Å². The van der Waals surface area contributed by atoms with E-state index in [1.807, 2.05) is 7.05 Å². The average Bonchev–Trinajstić information content (AvgIpc) is 3.43. The summed E-state index contributed by atoms with van der Waals surface area (Å²) in [5, 5.41) is 10.00. The molecule has 1 aliphatic heterocycles. The van der Waals surface area contributed by atoms with Crippen molar-refractivity contribution < 1.29 is 14.3 Å². The smallest absolute Gasteiger partial charge is 0.253 e. The molecular formula is C22H23N7O3. The van der Waals surface area contributed by atoms with Gasteiger partial charge in [-0.15, -0.1) is 0 Å². The van der Waals surface area contributed by atoms with E-state index in [1.165, 1.54) is 6.08 Å². The molecule has 2 aromatic heterocycles. The summed E-state index contributed by atoms with van der Waals surface area (Å²) in [6, 6.07) is 8.49. The second kappa shape index (κ2) is 9.29. The zero-order valence-corrected chi connectivity index (χ0v) is 17.6. The van der Waals surface area contributed by atoms with Gasteiger partial charge in [0.1, 0.15) is 0 Å². The first-order valence-electron chi connectivity index (χ1n) is 10.1. The number of nitrogens with zero attached hydrogens (tertiary/aromatic N) is 5. The number of carbonyl (C=O) groups excluding carboxylic acids is 2. The van der Waals surface area contributed by atoms with Crippen LogP contribution >= 0.6 is 0 Å². The molecule has 3 aromatic rings. The summed E-state index contributed by atoms with van der Waals surface area (Å²) in [7, 11) is 1.81. The monoisotopic (exact) mass is 433 g/mol. The van der Waals surface area contributed by atoms with Gasteiger partial charge in [0.15, 0.2) is 5.75 Å². The Kier molecular flexibility index (Phi) is 6.11. The third kappa shape index (κ3) is 5.09. The van der Waals surface area contributed by atoms with E-state index in [2.05, 4.69) is 32.3 Å². The lowest BCUT2D eigenvalue weighted by Gasteiger charge is -2.17. The van der Waals surface area contributed by atoms with Gasteiger partial charge in [-0.1, -0.05) is 6.58 Å². The molecule has 0 aliphatic carbocycles. The minimum Gasteiger partial charge on any atom is -0.436 e. The van der Waals surface area contributed by atoms with Gasteiger partial charge in [0, 0.05) is 49.7 Å². The molecule has 0 spiro atoms. The molecule has 1 atom stereocenters. The maximum atomic E-state index is 12.8. The van der Waals surface area contributed by atoms with Crippen LogP contribution in [0, 0.1) is 0 Å². The van der Waals surface area contributed by atoms with Gasteiger partial charge in [-0.05, 0) is 36.8 Å². The highest BCUT2D eigenvalue weighted by atomic mass is 16.5. The Balaban J connectivity index is 1.33. The molecule has 1 aromatic carbocycles. The molecule has 1 unspecified atom stereocenters. The first-order chi connectivity index (χ1) is 15.5. The van der Waals surface area contributed by atoms with E-state index in [-0.39, 0.29) is 17.9 Å². The Bertz CT molecular complexity index is 1130. The number of hydrogen-bond acceptors (Lipinski definition) is 7. The normalized spacial score (nSPS) is 15.3. The van der Waals surface area contributed by atoms with Crippen molar-refractivity contribution in [1.82, 2.24) is 24.6 Å². The maximum absolute atomic E-state index is 12.8. The van der Waals surface area contributed by atoms with E-state index in [1.54, 1.807) is 58.5 Å². The van der Waals surface area contributed by atoms with Crippen LogP contribution in [0.1, 0.15) is 16.8 Å². The lowest BCUT2D eigenvalue weighted by Crippen LogP contribution is -2.31. The predicted molar refractivity (Wildman–Crippen MR) is 119 cm³/mol. The van der Waals surface area contributed by atoms with Gasteiger partial charge in [0.2, 0.25) is 17.7 Å². The Hall–Kier alpha value is -4.21. The van der Waals surface area contributed by atoms with Crippen LogP contribution < -0.4 is 15.4 Å². The third-order valence-electron chi connectivity index (χ3n) is 4.93. The predicted octanol–water partition coefficient (Wildman–Crippen LogP) is 2.45. The first kappa shape index (κ1) is 21.0. The molecule has 164 valence electrons. The topological polar surface area (TPSA) is 114 Å². The summed E-state index contributed by atoms with van der Waals surface area (Å²) in [5.41, 5.74) is 1.17. The SMILES string of the molecule is C=CC(=O)Nc1ccc(C(=O)N2CCC(Nc3nccc(Oc4cnn(C)c4)n3)C2)cc1. The number of carbonyl (C=O) groups is 2. The highest BCUT2D eigenvalue weighted by Gasteiger charge is 2.27. The van der Waals surface area contributed by atoms with Crippen molar-refractivity contribution in [3.8, 4) is 11.6 Å². The van der Waals surface area contributed by atoms with Crippen molar-refractivity contribution in [3.63, 3.8) is 0 Å². The fourth-order valence-corrected chi connectivity index (χ4v) is 3.36. The minimum absolute atomic E-state index is 0.0266. The van der Waals surface area contributed by atoms with Gasteiger partial charge in [0.25, 0.3) is 5.91 Å². The summed E-state index contributed by atoms with van der Waals surface area (Å²) >= 11 is 0. The number of rotatable bonds is 7. The Morgan fingerprint density at radius 3 is 2.78 bits per heavy atom. The number of aromatic nitrogens is 4. The number of amides is 2. The minimum atomic E-state index is -0.297. The second-order valence-electron chi connectivity index (χ2n) is 7.32. The first-order valence-corrected chi connectivity index (χ1v) is 10.1. The number of anilines is 2. The van der Waals surface area contributed by atoms with Crippen LogP contribution in [0.15, 0.2) is 61.6 Å². The Labute approximate surface area is 184 Å². The molecule has 3 heterocycles. The molecule has 2 amide bonds. The summed E-state index contributed by atoms with van der Waals surface area (Å²) in [6.45, 7) is 4.57. The largest absolute Gasteiger partial charge is 0.436 e.